The zero-order chi connectivity index (χ0) is 19.9. The second kappa shape index (κ2) is 9.41. The maximum atomic E-state index is 13.0. The minimum absolute atomic E-state index is 0.0685. The fraction of sp³-hybridized carbons (Fsp3) is 0.429. The lowest BCUT2D eigenvalue weighted by Gasteiger charge is -2.29. The zero-order valence-corrected chi connectivity index (χ0v) is 16.7. The normalized spacial score (nSPS) is 13.0. The van der Waals surface area contributed by atoms with Gasteiger partial charge in [-0.1, -0.05) is 0 Å². The summed E-state index contributed by atoms with van der Waals surface area (Å²) in [5.41, 5.74) is 3.59. The lowest BCUT2D eigenvalue weighted by molar-refractivity contribution is 0.0728. The molecule has 150 valence electrons. The van der Waals surface area contributed by atoms with Crippen LogP contribution in [0.25, 0.3) is 0 Å². The van der Waals surface area contributed by atoms with Crippen LogP contribution in [0.3, 0.4) is 0 Å². The van der Waals surface area contributed by atoms with Crippen molar-refractivity contribution in [1.29, 1.82) is 0 Å². The standard InChI is InChI=1S/C21H27N3O4/c1-26-10-4-7-22-17-5-8-23-18(13-17)21(25)24-9-6-15-11-19(27-2)20(28-3)12-16(15)14-24/h5,8,11-13H,4,6-7,9-10,14H2,1-3H3,(H,22,23). The van der Waals surface area contributed by atoms with Crippen molar-refractivity contribution in [3.05, 3.63) is 47.3 Å². The van der Waals surface area contributed by atoms with Gasteiger partial charge in [-0.2, -0.15) is 0 Å². The average Bonchev–Trinajstić information content (AvgIpc) is 2.75. The minimum Gasteiger partial charge on any atom is -0.493 e. The number of anilines is 1. The van der Waals surface area contributed by atoms with Crippen molar-refractivity contribution in [3.8, 4) is 11.5 Å². The highest BCUT2D eigenvalue weighted by Crippen LogP contribution is 2.33. The molecule has 7 nitrogen and oxygen atoms in total. The van der Waals surface area contributed by atoms with Gasteiger partial charge in [-0.15, -0.1) is 0 Å². The molecule has 0 radical (unpaired) electrons. The second-order valence-electron chi connectivity index (χ2n) is 6.66. The number of rotatable bonds is 8. The summed E-state index contributed by atoms with van der Waals surface area (Å²) in [6.45, 7) is 2.66. The van der Waals surface area contributed by atoms with Crippen molar-refractivity contribution in [1.82, 2.24) is 9.88 Å². The van der Waals surface area contributed by atoms with Crippen molar-refractivity contribution in [2.45, 2.75) is 19.4 Å². The Kier molecular flexibility index (Phi) is 6.71. The van der Waals surface area contributed by atoms with E-state index in [0.717, 1.165) is 36.4 Å². The largest absolute Gasteiger partial charge is 0.493 e. The Hall–Kier alpha value is -2.80. The second-order valence-corrected chi connectivity index (χ2v) is 6.66. The Morgan fingerprint density at radius 2 is 1.89 bits per heavy atom. The van der Waals surface area contributed by atoms with E-state index in [1.54, 1.807) is 33.6 Å². The van der Waals surface area contributed by atoms with Crippen LogP contribution in [0.2, 0.25) is 0 Å². The highest BCUT2D eigenvalue weighted by atomic mass is 16.5. The highest BCUT2D eigenvalue weighted by molar-refractivity contribution is 5.93. The quantitative estimate of drug-likeness (QED) is 0.705. The molecule has 1 amide bonds. The smallest absolute Gasteiger partial charge is 0.272 e. The van der Waals surface area contributed by atoms with E-state index in [1.807, 2.05) is 23.1 Å². The minimum atomic E-state index is -0.0685. The predicted octanol–water partition coefficient (Wildman–Crippen LogP) is 2.75. The molecule has 2 heterocycles. The highest BCUT2D eigenvalue weighted by Gasteiger charge is 2.24. The number of amides is 1. The molecule has 0 bridgehead atoms. The van der Waals surface area contributed by atoms with Crippen LogP contribution < -0.4 is 14.8 Å². The van der Waals surface area contributed by atoms with E-state index in [2.05, 4.69) is 10.3 Å². The molecule has 1 aromatic heterocycles. The molecular weight excluding hydrogens is 358 g/mol. The number of pyridine rings is 1. The number of ether oxygens (including phenoxy) is 3. The molecule has 1 N–H and O–H groups in total. The predicted molar refractivity (Wildman–Crippen MR) is 107 cm³/mol. The fourth-order valence-corrected chi connectivity index (χ4v) is 3.33. The van der Waals surface area contributed by atoms with Gasteiger partial charge in [0.25, 0.3) is 5.91 Å². The third-order valence-electron chi connectivity index (χ3n) is 4.84. The monoisotopic (exact) mass is 385 g/mol. The number of carbonyl (C=O) groups is 1. The molecule has 0 unspecified atom stereocenters. The van der Waals surface area contributed by atoms with Crippen LogP contribution in [-0.2, 0) is 17.7 Å². The summed E-state index contributed by atoms with van der Waals surface area (Å²) in [6, 6.07) is 7.62. The SMILES string of the molecule is COCCCNc1ccnc(C(=O)N2CCc3cc(OC)c(OC)cc3C2)c1. The average molecular weight is 385 g/mol. The fourth-order valence-electron chi connectivity index (χ4n) is 3.33. The first kappa shape index (κ1) is 19.9. The van der Waals surface area contributed by atoms with Gasteiger partial charge < -0.3 is 24.4 Å². The molecule has 2 aromatic rings. The molecule has 7 heteroatoms. The first-order valence-corrected chi connectivity index (χ1v) is 9.38. The molecular formula is C21H27N3O4. The van der Waals surface area contributed by atoms with E-state index in [1.165, 1.54) is 5.56 Å². The van der Waals surface area contributed by atoms with Crippen LogP contribution in [-0.4, -0.2) is 56.8 Å². The third kappa shape index (κ3) is 4.54. The van der Waals surface area contributed by atoms with Crippen LogP contribution in [0.5, 0.6) is 11.5 Å². The van der Waals surface area contributed by atoms with Crippen molar-refractivity contribution >= 4 is 11.6 Å². The molecule has 0 atom stereocenters. The summed E-state index contributed by atoms with van der Waals surface area (Å²) < 4.78 is 15.8. The van der Waals surface area contributed by atoms with E-state index in [9.17, 15) is 4.79 Å². The van der Waals surface area contributed by atoms with Crippen LogP contribution in [0, 0.1) is 0 Å². The van der Waals surface area contributed by atoms with Gasteiger partial charge in [-0.25, -0.2) is 0 Å². The Morgan fingerprint density at radius 1 is 1.14 bits per heavy atom. The molecule has 0 saturated carbocycles. The summed E-state index contributed by atoms with van der Waals surface area (Å²) in [6.07, 6.45) is 3.34. The van der Waals surface area contributed by atoms with E-state index in [4.69, 9.17) is 14.2 Å². The maximum Gasteiger partial charge on any atom is 0.272 e. The third-order valence-corrected chi connectivity index (χ3v) is 4.84. The molecule has 1 aromatic carbocycles. The molecule has 0 spiro atoms. The van der Waals surface area contributed by atoms with Crippen molar-refractivity contribution in [2.24, 2.45) is 0 Å². The Labute approximate surface area is 165 Å². The lowest BCUT2D eigenvalue weighted by atomic mass is 9.98. The van der Waals surface area contributed by atoms with Crippen LogP contribution in [0.4, 0.5) is 5.69 Å². The lowest BCUT2D eigenvalue weighted by Crippen LogP contribution is -2.36. The molecule has 0 fully saturated rings. The number of fused-ring (bicyclic) bond motifs is 1. The summed E-state index contributed by atoms with van der Waals surface area (Å²) in [5.74, 6) is 1.33. The Bertz CT molecular complexity index is 825. The molecule has 3 rings (SSSR count). The van der Waals surface area contributed by atoms with E-state index in [-0.39, 0.29) is 5.91 Å². The molecule has 1 aliphatic heterocycles. The van der Waals surface area contributed by atoms with Gasteiger partial charge in [0.05, 0.1) is 14.2 Å². The van der Waals surface area contributed by atoms with E-state index >= 15 is 0 Å². The molecule has 0 aliphatic carbocycles. The van der Waals surface area contributed by atoms with Gasteiger partial charge >= 0.3 is 0 Å². The number of aromatic nitrogens is 1. The molecule has 1 aliphatic rings. The number of hydrogen-bond donors (Lipinski definition) is 1. The summed E-state index contributed by atoms with van der Waals surface area (Å²) in [5, 5.41) is 3.30. The molecule has 0 saturated heterocycles. The van der Waals surface area contributed by atoms with Crippen molar-refractivity contribution in [2.75, 3.05) is 46.3 Å². The van der Waals surface area contributed by atoms with Crippen molar-refractivity contribution < 1.29 is 19.0 Å². The Balaban J connectivity index is 1.70. The number of hydrogen-bond acceptors (Lipinski definition) is 6. The summed E-state index contributed by atoms with van der Waals surface area (Å²) >= 11 is 0. The zero-order valence-electron chi connectivity index (χ0n) is 16.7. The van der Waals surface area contributed by atoms with Gasteiger partial charge in [0.1, 0.15) is 5.69 Å². The molecule has 28 heavy (non-hydrogen) atoms. The topological polar surface area (TPSA) is 72.9 Å². The Morgan fingerprint density at radius 3 is 2.61 bits per heavy atom. The number of methoxy groups -OCH3 is 3. The van der Waals surface area contributed by atoms with Gasteiger partial charge in [-0.05, 0) is 48.2 Å². The first-order valence-electron chi connectivity index (χ1n) is 9.38. The van der Waals surface area contributed by atoms with Crippen LogP contribution in [0.15, 0.2) is 30.5 Å². The van der Waals surface area contributed by atoms with Crippen LogP contribution >= 0.6 is 0 Å². The summed E-state index contributed by atoms with van der Waals surface area (Å²) in [4.78, 5) is 19.1. The van der Waals surface area contributed by atoms with Gasteiger partial charge in [-0.3, -0.25) is 9.78 Å². The van der Waals surface area contributed by atoms with Crippen molar-refractivity contribution in [3.63, 3.8) is 0 Å². The van der Waals surface area contributed by atoms with Crippen LogP contribution in [0.1, 0.15) is 28.0 Å². The number of nitrogens with zero attached hydrogens (tertiary/aromatic N) is 2. The first-order chi connectivity index (χ1) is 13.7. The van der Waals surface area contributed by atoms with Gasteiger partial charge in [0.2, 0.25) is 0 Å². The number of nitrogens with one attached hydrogen (secondary N) is 1. The van der Waals surface area contributed by atoms with E-state index in [0.29, 0.717) is 31.1 Å². The number of benzene rings is 1. The summed E-state index contributed by atoms with van der Waals surface area (Å²) in [7, 11) is 4.93. The van der Waals surface area contributed by atoms with E-state index < -0.39 is 0 Å². The van der Waals surface area contributed by atoms with Gasteiger partial charge in [0, 0.05) is 45.2 Å². The van der Waals surface area contributed by atoms with Gasteiger partial charge in [0.15, 0.2) is 11.5 Å². The maximum absolute atomic E-state index is 13.0. The number of carbonyl (C=O) groups excluding carboxylic acids is 1.